The van der Waals surface area contributed by atoms with Crippen molar-refractivity contribution in [2.24, 2.45) is 0 Å². The Morgan fingerprint density at radius 1 is 1.46 bits per heavy atom. The zero-order valence-electron chi connectivity index (χ0n) is 15.3. The van der Waals surface area contributed by atoms with E-state index < -0.39 is 42.7 Å². The molecule has 146 valence electrons. The van der Waals surface area contributed by atoms with Crippen molar-refractivity contribution in [2.75, 3.05) is 11.9 Å². The summed E-state index contributed by atoms with van der Waals surface area (Å²) in [5, 5.41) is 22.2. The van der Waals surface area contributed by atoms with Crippen LogP contribution in [0.3, 0.4) is 0 Å². The van der Waals surface area contributed by atoms with Crippen molar-refractivity contribution >= 4 is 30.3 Å². The quantitative estimate of drug-likeness (QED) is 0.594. The number of hydrogen-bond acceptors (Lipinski definition) is 8. The molecule has 1 aromatic carbocycles. The summed E-state index contributed by atoms with van der Waals surface area (Å²) >= 11 is 4.68. The van der Waals surface area contributed by atoms with Crippen LogP contribution in [0.25, 0.3) is 0 Å². The Morgan fingerprint density at radius 3 is 2.86 bits per heavy atom. The van der Waals surface area contributed by atoms with Crippen LogP contribution in [0.2, 0.25) is 0 Å². The average Bonchev–Trinajstić information content (AvgIpc) is 2.96. The third kappa shape index (κ3) is 4.45. The van der Waals surface area contributed by atoms with Crippen molar-refractivity contribution in [3.05, 3.63) is 58.6 Å². The molecule has 1 aliphatic rings. The van der Waals surface area contributed by atoms with E-state index in [1.807, 2.05) is 0 Å². The van der Waals surface area contributed by atoms with Gasteiger partial charge in [-0.3, -0.25) is 0 Å². The van der Waals surface area contributed by atoms with Gasteiger partial charge in [-0.2, -0.15) is 0 Å². The fourth-order valence-electron chi connectivity index (χ4n) is 2.64. The van der Waals surface area contributed by atoms with Crippen LogP contribution in [0.15, 0.2) is 47.4 Å². The number of amides is 1. The second-order valence-corrected chi connectivity index (χ2v) is 6.58. The van der Waals surface area contributed by atoms with Crippen molar-refractivity contribution in [2.45, 2.75) is 24.5 Å². The number of rotatable bonds is 5. The number of nitrogens with zero attached hydrogens (tertiary/aromatic N) is 2. The number of aliphatic hydroxyl groups excluding tert-OH is 1. The monoisotopic (exact) mass is 422 g/mol. The van der Waals surface area contributed by atoms with Gasteiger partial charge in [0.05, 0.1) is 0 Å². The summed E-state index contributed by atoms with van der Waals surface area (Å²) in [6, 6.07) is 9.75. The molecule has 11 heteroatoms. The Morgan fingerprint density at radius 2 is 2.21 bits per heavy atom. The maximum absolute atomic E-state index is 12.5. The second kappa shape index (κ2) is 9.36. The van der Waals surface area contributed by atoms with Gasteiger partial charge in [0.1, 0.15) is 0 Å². The van der Waals surface area contributed by atoms with E-state index >= 15 is 0 Å². The topological polar surface area (TPSA) is 123 Å². The molecule has 1 aromatic heterocycles. The van der Waals surface area contributed by atoms with Crippen molar-refractivity contribution < 1.29 is 25.9 Å². The number of ether oxygens (including phenoxy) is 2. The maximum atomic E-state index is 12.5. The number of anilines is 1. The molecule has 0 saturated carbocycles. The van der Waals surface area contributed by atoms with Gasteiger partial charge in [0.25, 0.3) is 0 Å². The number of benzene rings is 1. The fraction of sp³-hybridized carbons (Fsp3) is 0.294. The molecule has 0 unspecified atom stereocenters. The molecule has 3 N–H and O–H groups in total. The first-order valence-corrected chi connectivity index (χ1v) is 9.96. The molecule has 28 heavy (non-hydrogen) atoms. The van der Waals surface area contributed by atoms with Gasteiger partial charge in [0.15, 0.2) is 0 Å². The van der Waals surface area contributed by atoms with Gasteiger partial charge < -0.3 is 0 Å². The van der Waals surface area contributed by atoms with Gasteiger partial charge in [0, 0.05) is 0 Å². The number of carbonyl (C=O) groups is 1. The van der Waals surface area contributed by atoms with E-state index in [9.17, 15) is 19.8 Å². The molecule has 0 spiro atoms. The number of nitrogens with one attached hydrogen (secondary N) is 1. The molecule has 9 nitrogen and oxygen atoms in total. The molecule has 0 bridgehead atoms. The van der Waals surface area contributed by atoms with Crippen LogP contribution in [0, 0.1) is 5.81 Å². The van der Waals surface area contributed by atoms with Gasteiger partial charge >= 0.3 is 148 Å². The van der Waals surface area contributed by atoms with Crippen LogP contribution in [-0.4, -0.2) is 50.6 Å². The van der Waals surface area contributed by atoms with Crippen molar-refractivity contribution in [3.63, 3.8) is 0 Å². The molecule has 1 saturated heterocycles. The Balaban J connectivity index is 1.87. The summed E-state index contributed by atoms with van der Waals surface area (Å²) in [5.41, 5.74) is -0.426. The van der Waals surface area contributed by atoms with Crippen molar-refractivity contribution in [1.82, 2.24) is 9.55 Å². The van der Waals surface area contributed by atoms with E-state index in [2.05, 4.69) is 27.9 Å². The second-order valence-electron chi connectivity index (χ2n) is 5.67. The molecule has 2 aromatic rings. The molecular weight excluding hydrogens is 405 g/mol. The number of hydrogen-bond donors (Lipinski definition) is 3. The van der Waals surface area contributed by atoms with E-state index in [-0.39, 0.29) is 12.6 Å². The molecule has 4 atom stereocenters. The Kier molecular flexibility index (Phi) is 6.41. The van der Waals surface area contributed by atoms with Crippen molar-refractivity contribution in [1.29, 1.82) is 0 Å². The normalized spacial score (nSPS) is 26.9. The summed E-state index contributed by atoms with van der Waals surface area (Å²) in [6.07, 6.45) is -5.06. The van der Waals surface area contributed by atoms with E-state index in [0.717, 1.165) is 4.57 Å². The Hall–Kier alpha value is -2.16. The third-order valence-electron chi connectivity index (χ3n) is 3.95. The van der Waals surface area contributed by atoms with Crippen molar-refractivity contribution in [3.8, 4) is 5.81 Å². The molecule has 0 radical (unpaired) electrons. The fourth-order valence-corrected chi connectivity index (χ4v) is 2.92. The molecule has 0 aliphatic carbocycles. The summed E-state index contributed by atoms with van der Waals surface area (Å²) < 4.78 is 19.6. The van der Waals surface area contributed by atoms with Gasteiger partial charge in [0.2, 0.25) is 0 Å². The average molecular weight is 422 g/mol. The molecule has 1 aliphatic heterocycles. The van der Waals surface area contributed by atoms with Gasteiger partial charge in [-0.1, -0.05) is 18.2 Å². The number of carbonyl (C=O) groups excluding carboxylic acids is 1. The molecule has 2 heterocycles. The van der Waals surface area contributed by atoms with Crippen LogP contribution in [0.1, 0.15) is 18.0 Å². The van der Waals surface area contributed by atoms with Crippen LogP contribution >= 0.6 is 6.81 Å². The van der Waals surface area contributed by atoms with Gasteiger partial charge in [-0.25, -0.2) is 0 Å². The number of aliphatic hydroxyl groups is 2. The van der Waals surface area contributed by atoms with Crippen LogP contribution in [0.5, 0.6) is 0 Å². The SMILES string of the molecule is [2H][C@@]1(O)[C@@H](CO)O[C@@H](n2ccc(NC(=O)c3ccccc3)nc2=O)[C@@H]1OC#P=S. The molecule has 1 fully saturated rings. The Bertz CT molecular complexity index is 1060. The van der Waals surface area contributed by atoms with E-state index in [0.29, 0.717) is 5.56 Å². The minimum atomic E-state index is -2.36. The van der Waals surface area contributed by atoms with E-state index in [1.54, 1.807) is 30.3 Å². The molecule has 1 amide bonds. The third-order valence-corrected chi connectivity index (χ3v) is 4.35. The number of aromatic nitrogens is 2. The van der Waals surface area contributed by atoms with E-state index in [4.69, 9.17) is 10.8 Å². The van der Waals surface area contributed by atoms with Gasteiger partial charge in [-0.15, -0.1) is 0 Å². The summed E-state index contributed by atoms with van der Waals surface area (Å²) in [6.45, 7) is -0.480. The predicted molar refractivity (Wildman–Crippen MR) is 103 cm³/mol. The van der Waals surface area contributed by atoms with Crippen LogP contribution < -0.4 is 11.0 Å². The summed E-state index contributed by atoms with van der Waals surface area (Å²) in [5.74, 6) is 1.89. The van der Waals surface area contributed by atoms with Crippen LogP contribution in [0.4, 0.5) is 5.82 Å². The summed E-state index contributed by atoms with van der Waals surface area (Å²) in [7, 11) is 0. The van der Waals surface area contributed by atoms with Gasteiger partial charge in [-0.05, 0) is 0 Å². The summed E-state index contributed by atoms with van der Waals surface area (Å²) in [4.78, 5) is 28.5. The van der Waals surface area contributed by atoms with E-state index in [1.165, 1.54) is 12.3 Å². The first kappa shape index (κ1) is 19.2. The molecule has 3 rings (SSSR count). The molecular formula is C17H16N3O6PS. The Labute approximate surface area is 167 Å². The standard InChI is InChI=1S/C17H16N3O6PS/c21-8-11-13(22)14(25-9-27-28)16(26-11)20-7-6-12(19-17(20)24)18-15(23)10-4-2-1-3-5-10/h1-7,11,13-14,16,21-22H,8H2,(H,18,19,23,24)/t11-,13-,14-,16-/m1/s1/i13D. The first-order valence-electron chi connectivity index (χ1n) is 8.55. The minimum absolute atomic E-state index is 0.0117. The predicted octanol–water partition coefficient (Wildman–Crippen LogP) is 0.456. The first-order chi connectivity index (χ1) is 13.9. The zero-order chi connectivity index (χ0) is 21.0. The zero-order valence-corrected chi connectivity index (χ0v) is 16.0. The van der Waals surface area contributed by atoms with Crippen LogP contribution in [-0.2, 0) is 21.3 Å².